The van der Waals surface area contributed by atoms with E-state index in [1.807, 2.05) is 0 Å². The number of unbranched alkanes of at least 4 members (excludes halogenated alkanes) is 18. The summed E-state index contributed by atoms with van der Waals surface area (Å²) in [6.45, 7) is 6.72. The zero-order valence-electron chi connectivity index (χ0n) is 19.5. The molecule has 0 aliphatic heterocycles. The molecule has 0 fully saturated rings. The summed E-state index contributed by atoms with van der Waals surface area (Å²) in [7, 11) is -3.72. The Bertz CT molecular complexity index is 352. The standard InChI is InChI=1S/C16H34.C8H18O3S/c1-3-5-7-9-11-13-15-16-14-12-10-8-6-4-2;1-2-3-4-5-6-7-8-12(9,10)11/h3-16H2,1-2H3;2-8H2,1H3,(H,9,10,11). The maximum atomic E-state index is 10.3. The molecule has 0 rings (SSSR count). The van der Waals surface area contributed by atoms with Crippen molar-refractivity contribution >= 4 is 10.1 Å². The van der Waals surface area contributed by atoms with Crippen molar-refractivity contribution in [3.05, 3.63) is 0 Å². The van der Waals surface area contributed by atoms with Gasteiger partial charge in [0.15, 0.2) is 0 Å². The topological polar surface area (TPSA) is 54.4 Å². The van der Waals surface area contributed by atoms with E-state index in [9.17, 15) is 8.42 Å². The first-order chi connectivity index (χ1) is 13.5. The second kappa shape index (κ2) is 24.9. The van der Waals surface area contributed by atoms with Gasteiger partial charge in [0, 0.05) is 0 Å². The normalized spacial score (nSPS) is 11.3. The van der Waals surface area contributed by atoms with Gasteiger partial charge in [0.1, 0.15) is 0 Å². The molecule has 0 bridgehead atoms. The van der Waals surface area contributed by atoms with Crippen molar-refractivity contribution in [2.75, 3.05) is 5.75 Å². The fourth-order valence-corrected chi connectivity index (χ4v) is 3.90. The lowest BCUT2D eigenvalue weighted by atomic mass is 10.0. The Balaban J connectivity index is 0. The summed E-state index contributed by atoms with van der Waals surface area (Å²) >= 11 is 0. The van der Waals surface area contributed by atoms with Gasteiger partial charge in [0.25, 0.3) is 10.1 Å². The lowest BCUT2D eigenvalue weighted by Gasteiger charge is -2.02. The van der Waals surface area contributed by atoms with E-state index in [0.717, 1.165) is 12.8 Å². The minimum atomic E-state index is -3.72. The van der Waals surface area contributed by atoms with Crippen LogP contribution < -0.4 is 0 Å². The molecule has 0 aromatic rings. The van der Waals surface area contributed by atoms with Crippen LogP contribution in [-0.2, 0) is 10.1 Å². The number of rotatable bonds is 20. The van der Waals surface area contributed by atoms with Crippen LogP contribution in [0.25, 0.3) is 0 Å². The molecule has 28 heavy (non-hydrogen) atoms. The van der Waals surface area contributed by atoms with E-state index < -0.39 is 10.1 Å². The molecule has 1 N–H and O–H groups in total. The Hall–Kier alpha value is -0.0900. The summed E-state index contributed by atoms with van der Waals surface area (Å²) in [5.41, 5.74) is 0. The van der Waals surface area contributed by atoms with Gasteiger partial charge in [-0.1, -0.05) is 143 Å². The SMILES string of the molecule is CCCCCCCCCCCCCCCC.CCCCCCCCS(=O)(=O)O. The minimum Gasteiger partial charge on any atom is -0.286 e. The molecule has 0 spiro atoms. The van der Waals surface area contributed by atoms with E-state index in [-0.39, 0.29) is 5.75 Å². The van der Waals surface area contributed by atoms with Crippen LogP contribution in [0.5, 0.6) is 0 Å². The van der Waals surface area contributed by atoms with E-state index in [4.69, 9.17) is 4.55 Å². The van der Waals surface area contributed by atoms with E-state index in [1.54, 1.807) is 0 Å². The Morgan fingerprint density at radius 3 is 0.857 bits per heavy atom. The molecule has 0 aromatic heterocycles. The predicted octanol–water partition coefficient (Wildman–Crippen LogP) is 8.72. The maximum Gasteiger partial charge on any atom is 0.264 e. The molecule has 0 amide bonds. The maximum absolute atomic E-state index is 10.3. The lowest BCUT2D eigenvalue weighted by Crippen LogP contribution is -2.03. The summed E-state index contributed by atoms with van der Waals surface area (Å²) in [6.07, 6.45) is 26.6. The number of hydrogen-bond acceptors (Lipinski definition) is 2. The van der Waals surface area contributed by atoms with Crippen molar-refractivity contribution in [3.63, 3.8) is 0 Å². The molecule has 0 aliphatic carbocycles. The van der Waals surface area contributed by atoms with Crippen molar-refractivity contribution < 1.29 is 13.0 Å². The molecule has 172 valence electrons. The van der Waals surface area contributed by atoms with Crippen LogP contribution in [0, 0.1) is 0 Å². The molecule has 0 saturated carbocycles. The van der Waals surface area contributed by atoms with Crippen LogP contribution in [-0.4, -0.2) is 18.7 Å². The zero-order chi connectivity index (χ0) is 21.3. The Morgan fingerprint density at radius 2 is 0.643 bits per heavy atom. The summed E-state index contributed by atoms with van der Waals surface area (Å²) in [5, 5.41) is 0. The summed E-state index contributed by atoms with van der Waals surface area (Å²) in [4.78, 5) is 0. The quantitative estimate of drug-likeness (QED) is 0.158. The second-order valence-corrected chi connectivity index (χ2v) is 9.87. The average Bonchev–Trinajstić information content (AvgIpc) is 2.65. The van der Waals surface area contributed by atoms with Crippen LogP contribution in [0.2, 0.25) is 0 Å². The third kappa shape index (κ3) is 33.5. The van der Waals surface area contributed by atoms with Crippen LogP contribution >= 0.6 is 0 Å². The van der Waals surface area contributed by atoms with Gasteiger partial charge in [-0.3, -0.25) is 4.55 Å². The molecular formula is C24H52O3S. The molecule has 0 atom stereocenters. The highest BCUT2D eigenvalue weighted by Crippen LogP contribution is 2.12. The van der Waals surface area contributed by atoms with Crippen molar-refractivity contribution in [1.82, 2.24) is 0 Å². The third-order valence-electron chi connectivity index (χ3n) is 5.21. The van der Waals surface area contributed by atoms with Crippen LogP contribution in [0.1, 0.15) is 149 Å². The van der Waals surface area contributed by atoms with E-state index in [0.29, 0.717) is 6.42 Å². The first-order valence-corrected chi connectivity index (χ1v) is 14.0. The van der Waals surface area contributed by atoms with Crippen molar-refractivity contribution in [2.45, 2.75) is 149 Å². The highest BCUT2D eigenvalue weighted by molar-refractivity contribution is 7.85. The van der Waals surface area contributed by atoms with Gasteiger partial charge in [-0.15, -0.1) is 0 Å². The van der Waals surface area contributed by atoms with Crippen molar-refractivity contribution in [2.24, 2.45) is 0 Å². The van der Waals surface area contributed by atoms with Gasteiger partial charge in [0.2, 0.25) is 0 Å². The third-order valence-corrected chi connectivity index (χ3v) is 6.02. The fraction of sp³-hybridized carbons (Fsp3) is 1.00. The monoisotopic (exact) mass is 420 g/mol. The zero-order valence-corrected chi connectivity index (χ0v) is 20.3. The molecule has 0 heterocycles. The van der Waals surface area contributed by atoms with Gasteiger partial charge < -0.3 is 0 Å². The molecule has 0 radical (unpaired) electrons. The molecule has 0 aliphatic rings. The molecule has 0 aromatic carbocycles. The molecule has 4 heteroatoms. The van der Waals surface area contributed by atoms with Crippen molar-refractivity contribution in [1.29, 1.82) is 0 Å². The van der Waals surface area contributed by atoms with E-state index in [1.165, 1.54) is 109 Å². The first kappa shape index (κ1) is 30.1. The summed E-state index contributed by atoms with van der Waals surface area (Å²) < 4.78 is 28.9. The van der Waals surface area contributed by atoms with Gasteiger partial charge in [-0.25, -0.2) is 0 Å². The highest BCUT2D eigenvalue weighted by Gasteiger charge is 2.02. The smallest absolute Gasteiger partial charge is 0.264 e. The first-order valence-electron chi connectivity index (χ1n) is 12.4. The van der Waals surface area contributed by atoms with E-state index >= 15 is 0 Å². The molecule has 0 unspecified atom stereocenters. The van der Waals surface area contributed by atoms with Gasteiger partial charge in [0.05, 0.1) is 5.75 Å². The molecule has 0 saturated heterocycles. The average molecular weight is 421 g/mol. The number of hydrogen-bond donors (Lipinski definition) is 1. The summed E-state index contributed by atoms with van der Waals surface area (Å²) in [5.74, 6) is -0.0842. The Kier molecular flexibility index (Phi) is 26.8. The fourth-order valence-electron chi connectivity index (χ4n) is 3.33. The predicted molar refractivity (Wildman–Crippen MR) is 126 cm³/mol. The van der Waals surface area contributed by atoms with Gasteiger partial charge in [-0.2, -0.15) is 8.42 Å². The van der Waals surface area contributed by atoms with Crippen LogP contribution in [0.15, 0.2) is 0 Å². The molecule has 3 nitrogen and oxygen atoms in total. The molecular weight excluding hydrogens is 368 g/mol. The Labute approximate surface area is 178 Å². The van der Waals surface area contributed by atoms with E-state index in [2.05, 4.69) is 20.8 Å². The van der Waals surface area contributed by atoms with Crippen LogP contribution in [0.3, 0.4) is 0 Å². The van der Waals surface area contributed by atoms with Crippen LogP contribution in [0.4, 0.5) is 0 Å². The summed E-state index contributed by atoms with van der Waals surface area (Å²) in [6, 6.07) is 0. The lowest BCUT2D eigenvalue weighted by molar-refractivity contribution is 0.478. The second-order valence-electron chi connectivity index (χ2n) is 8.30. The highest BCUT2D eigenvalue weighted by atomic mass is 32.2. The Morgan fingerprint density at radius 1 is 0.429 bits per heavy atom. The largest absolute Gasteiger partial charge is 0.286 e. The minimum absolute atomic E-state index is 0.0842. The van der Waals surface area contributed by atoms with Crippen molar-refractivity contribution in [3.8, 4) is 0 Å². The van der Waals surface area contributed by atoms with Gasteiger partial charge in [-0.05, 0) is 6.42 Å². The van der Waals surface area contributed by atoms with Gasteiger partial charge >= 0.3 is 0 Å².